The predicted molar refractivity (Wildman–Crippen MR) is 108 cm³/mol. The molecule has 0 bridgehead atoms. The van der Waals surface area contributed by atoms with Gasteiger partial charge in [0.2, 0.25) is 10.0 Å². The van der Waals surface area contributed by atoms with E-state index in [1.165, 1.54) is 11.8 Å². The summed E-state index contributed by atoms with van der Waals surface area (Å²) in [5, 5.41) is 20.2. The maximum Gasteiger partial charge on any atom is 0.208 e. The fourth-order valence-electron chi connectivity index (χ4n) is 6.30. The van der Waals surface area contributed by atoms with Crippen LogP contribution in [0.2, 0.25) is 0 Å². The monoisotopic (exact) mass is 399 g/mol. The van der Waals surface area contributed by atoms with E-state index < -0.39 is 10.0 Å². The number of aliphatic hydroxyl groups is 2. The van der Waals surface area contributed by atoms with E-state index in [4.69, 9.17) is 0 Å². The molecule has 0 amide bonds. The predicted octanol–water partition coefficient (Wildman–Crippen LogP) is 2.84. The molecular formula is C21H37NO4S. The molecule has 3 aliphatic carbocycles. The Morgan fingerprint density at radius 3 is 2.48 bits per heavy atom. The molecule has 0 radical (unpaired) electrons. The molecule has 1 saturated carbocycles. The van der Waals surface area contributed by atoms with Crippen molar-refractivity contribution in [3.63, 3.8) is 0 Å². The van der Waals surface area contributed by atoms with Crippen molar-refractivity contribution in [2.45, 2.75) is 71.8 Å². The van der Waals surface area contributed by atoms with Crippen molar-refractivity contribution in [1.82, 2.24) is 4.72 Å². The van der Waals surface area contributed by atoms with Crippen LogP contribution in [0, 0.1) is 28.6 Å². The number of nitrogens with one attached hydrogen (secondary N) is 1. The summed E-state index contributed by atoms with van der Waals surface area (Å²) in [6.45, 7) is 7.43. The molecule has 0 heterocycles. The summed E-state index contributed by atoms with van der Waals surface area (Å²) < 4.78 is 26.4. The van der Waals surface area contributed by atoms with Crippen LogP contribution >= 0.6 is 0 Å². The van der Waals surface area contributed by atoms with Crippen molar-refractivity contribution in [1.29, 1.82) is 0 Å². The van der Waals surface area contributed by atoms with Crippen molar-refractivity contribution in [3.05, 3.63) is 11.1 Å². The number of sulfonamides is 1. The largest absolute Gasteiger partial charge is 0.396 e. The van der Waals surface area contributed by atoms with E-state index in [2.05, 4.69) is 25.5 Å². The number of aliphatic hydroxyl groups excluding tert-OH is 2. The summed E-state index contributed by atoms with van der Waals surface area (Å²) in [5.74, 6) is 0.604. The summed E-state index contributed by atoms with van der Waals surface area (Å²) in [6.07, 6.45) is 7.53. The second kappa shape index (κ2) is 7.43. The molecule has 0 aliphatic heterocycles. The molecule has 156 valence electrons. The van der Waals surface area contributed by atoms with Gasteiger partial charge < -0.3 is 10.2 Å². The van der Waals surface area contributed by atoms with Gasteiger partial charge in [-0.3, -0.25) is 0 Å². The number of hydrogen-bond acceptors (Lipinski definition) is 4. The van der Waals surface area contributed by atoms with E-state index in [0.717, 1.165) is 38.5 Å². The Balaban J connectivity index is 1.96. The number of rotatable bonds is 5. The minimum absolute atomic E-state index is 0.0664. The van der Waals surface area contributed by atoms with Crippen LogP contribution in [0.1, 0.15) is 65.7 Å². The second-order valence-electron chi connectivity index (χ2n) is 10.1. The molecule has 0 aromatic rings. The lowest BCUT2D eigenvalue weighted by Gasteiger charge is -2.52. The molecule has 0 aromatic carbocycles. The minimum atomic E-state index is -3.24. The Hall–Kier alpha value is -0.430. The SMILES string of the molecule is CC1(C)CCC2=C1CC[C@H]([C@@]1(C)CC[C@H](O)C[C@@H]1CO)[C@H]2CNS(C)(=O)=O. The van der Waals surface area contributed by atoms with Crippen LogP contribution in [-0.2, 0) is 10.0 Å². The molecule has 5 nitrogen and oxygen atoms in total. The molecule has 5 atom stereocenters. The van der Waals surface area contributed by atoms with Crippen LogP contribution in [-0.4, -0.2) is 44.1 Å². The average molecular weight is 400 g/mol. The lowest BCUT2D eigenvalue weighted by Crippen LogP contribution is -2.49. The fraction of sp³-hybridized carbons (Fsp3) is 0.905. The van der Waals surface area contributed by atoms with Gasteiger partial charge in [0, 0.05) is 13.2 Å². The van der Waals surface area contributed by atoms with E-state index in [0.29, 0.717) is 18.9 Å². The zero-order chi connectivity index (χ0) is 20.0. The van der Waals surface area contributed by atoms with Crippen LogP contribution < -0.4 is 4.72 Å². The van der Waals surface area contributed by atoms with Crippen molar-refractivity contribution in [2.75, 3.05) is 19.4 Å². The first-order valence-corrected chi connectivity index (χ1v) is 12.3. The highest BCUT2D eigenvalue weighted by Gasteiger charge is 2.51. The summed E-state index contributed by atoms with van der Waals surface area (Å²) >= 11 is 0. The first-order chi connectivity index (χ1) is 12.5. The Morgan fingerprint density at radius 2 is 1.85 bits per heavy atom. The van der Waals surface area contributed by atoms with Gasteiger partial charge in [0.1, 0.15) is 0 Å². The molecule has 0 saturated heterocycles. The van der Waals surface area contributed by atoms with E-state index in [9.17, 15) is 18.6 Å². The lowest BCUT2D eigenvalue weighted by atomic mass is 9.53. The van der Waals surface area contributed by atoms with Crippen LogP contribution in [0.25, 0.3) is 0 Å². The first kappa shape index (κ1) is 21.3. The van der Waals surface area contributed by atoms with Crippen LogP contribution in [0.5, 0.6) is 0 Å². The smallest absolute Gasteiger partial charge is 0.208 e. The molecular weight excluding hydrogens is 362 g/mol. The van der Waals surface area contributed by atoms with Crippen LogP contribution in [0.3, 0.4) is 0 Å². The molecule has 27 heavy (non-hydrogen) atoms. The van der Waals surface area contributed by atoms with Crippen molar-refractivity contribution in [2.24, 2.45) is 28.6 Å². The number of allylic oxidation sites excluding steroid dienone is 1. The van der Waals surface area contributed by atoms with E-state index >= 15 is 0 Å². The standard InChI is InChI=1S/C21H37NO4S/c1-20(2)9-8-16-17(12-22-27(4,25)26)19(6-5-18(16)20)21(3)10-7-15(24)11-14(21)13-23/h14-15,17,19,22-24H,5-13H2,1-4H3/t14-,15+,17+,19+,21+/m1/s1. The average Bonchev–Trinajstić information content (AvgIpc) is 2.89. The van der Waals surface area contributed by atoms with E-state index in [1.807, 2.05) is 0 Å². The third-order valence-electron chi connectivity index (χ3n) is 8.00. The van der Waals surface area contributed by atoms with Crippen LogP contribution in [0.15, 0.2) is 11.1 Å². The van der Waals surface area contributed by atoms with Gasteiger partial charge in [-0.2, -0.15) is 0 Å². The summed E-state index contributed by atoms with van der Waals surface area (Å²) in [5.41, 5.74) is 3.16. The highest BCUT2D eigenvalue weighted by Crippen LogP contribution is 2.59. The molecule has 3 aliphatic rings. The Labute approximate surface area is 164 Å². The first-order valence-electron chi connectivity index (χ1n) is 10.4. The Kier molecular flexibility index (Phi) is 5.86. The van der Waals surface area contributed by atoms with E-state index in [-0.39, 0.29) is 35.4 Å². The molecule has 6 heteroatoms. The lowest BCUT2D eigenvalue weighted by molar-refractivity contribution is -0.0578. The van der Waals surface area contributed by atoms with Gasteiger partial charge in [-0.1, -0.05) is 31.9 Å². The third-order valence-corrected chi connectivity index (χ3v) is 8.69. The van der Waals surface area contributed by atoms with Crippen molar-refractivity contribution >= 4 is 10.0 Å². The van der Waals surface area contributed by atoms with E-state index in [1.54, 1.807) is 5.57 Å². The van der Waals surface area contributed by atoms with Crippen LogP contribution in [0.4, 0.5) is 0 Å². The number of hydrogen-bond donors (Lipinski definition) is 3. The zero-order valence-electron chi connectivity index (χ0n) is 17.3. The highest BCUT2D eigenvalue weighted by atomic mass is 32.2. The van der Waals surface area contributed by atoms with Crippen molar-refractivity contribution < 1.29 is 18.6 Å². The van der Waals surface area contributed by atoms with Crippen molar-refractivity contribution in [3.8, 4) is 0 Å². The van der Waals surface area contributed by atoms with Gasteiger partial charge in [-0.15, -0.1) is 0 Å². The zero-order valence-corrected chi connectivity index (χ0v) is 18.1. The van der Waals surface area contributed by atoms with Gasteiger partial charge in [0.15, 0.2) is 0 Å². The summed E-state index contributed by atoms with van der Waals surface area (Å²) in [7, 11) is -3.24. The Bertz CT molecular complexity index is 699. The van der Waals surface area contributed by atoms with Gasteiger partial charge in [-0.25, -0.2) is 13.1 Å². The normalized spacial score (nSPS) is 39.5. The molecule has 1 fully saturated rings. The summed E-state index contributed by atoms with van der Waals surface area (Å²) in [4.78, 5) is 0. The quantitative estimate of drug-likeness (QED) is 0.621. The molecule has 3 rings (SSSR count). The maximum absolute atomic E-state index is 11.8. The van der Waals surface area contributed by atoms with Gasteiger partial charge >= 0.3 is 0 Å². The fourth-order valence-corrected chi connectivity index (χ4v) is 6.78. The second-order valence-corrected chi connectivity index (χ2v) is 11.9. The molecule has 0 aromatic heterocycles. The molecule has 3 N–H and O–H groups in total. The topological polar surface area (TPSA) is 86.6 Å². The molecule has 0 unspecified atom stereocenters. The summed E-state index contributed by atoms with van der Waals surface area (Å²) in [6, 6.07) is 0. The highest BCUT2D eigenvalue weighted by molar-refractivity contribution is 7.88. The Morgan fingerprint density at radius 1 is 1.15 bits per heavy atom. The van der Waals surface area contributed by atoms with Gasteiger partial charge in [-0.05, 0) is 73.5 Å². The van der Waals surface area contributed by atoms with Gasteiger partial charge in [0.25, 0.3) is 0 Å². The van der Waals surface area contributed by atoms with Gasteiger partial charge in [0.05, 0.1) is 12.4 Å². The molecule has 0 spiro atoms. The third kappa shape index (κ3) is 4.14. The maximum atomic E-state index is 11.8. The minimum Gasteiger partial charge on any atom is -0.396 e.